The van der Waals surface area contributed by atoms with Crippen LogP contribution in [0.5, 0.6) is 0 Å². The number of esters is 1. The molecule has 0 heterocycles. The predicted molar refractivity (Wildman–Crippen MR) is 65.2 cm³/mol. The lowest BCUT2D eigenvalue weighted by atomic mass is 10.2. The van der Waals surface area contributed by atoms with Crippen LogP contribution >= 0.6 is 11.8 Å². The second-order valence-electron chi connectivity index (χ2n) is 3.38. The summed E-state index contributed by atoms with van der Waals surface area (Å²) in [4.78, 5) is 11.0. The molecule has 1 N–H and O–H groups in total. The molecule has 16 heavy (non-hydrogen) atoms. The number of aliphatic hydroxyl groups excluding tert-OH is 1. The Morgan fingerprint density at radius 1 is 1.44 bits per heavy atom. The standard InChI is InChI=1S/C12H16O3S/c1-15-12(14)7-11(8-13)16-9-10-5-3-2-4-6-10/h2-6,11,13H,7-9H2,1H3. The average molecular weight is 240 g/mol. The highest BCUT2D eigenvalue weighted by Crippen LogP contribution is 2.20. The summed E-state index contributed by atoms with van der Waals surface area (Å²) in [5, 5.41) is 9.03. The Balaban J connectivity index is 2.37. The van der Waals surface area contributed by atoms with Gasteiger partial charge < -0.3 is 9.84 Å². The molecule has 0 fully saturated rings. The van der Waals surface area contributed by atoms with E-state index in [0.717, 1.165) is 5.75 Å². The van der Waals surface area contributed by atoms with Crippen molar-refractivity contribution < 1.29 is 14.6 Å². The SMILES string of the molecule is COC(=O)CC(CO)SCc1ccccc1. The van der Waals surface area contributed by atoms with Crippen molar-refractivity contribution in [3.8, 4) is 0 Å². The van der Waals surface area contributed by atoms with Crippen LogP contribution < -0.4 is 0 Å². The van der Waals surface area contributed by atoms with Crippen LogP contribution in [0.3, 0.4) is 0 Å². The molecule has 88 valence electrons. The molecule has 0 bridgehead atoms. The van der Waals surface area contributed by atoms with Crippen molar-refractivity contribution in [1.29, 1.82) is 0 Å². The van der Waals surface area contributed by atoms with Gasteiger partial charge in [0.2, 0.25) is 0 Å². The third-order valence-corrected chi connectivity index (χ3v) is 3.44. The molecule has 0 aliphatic heterocycles. The van der Waals surface area contributed by atoms with Gasteiger partial charge in [-0.15, -0.1) is 0 Å². The second-order valence-corrected chi connectivity index (χ2v) is 4.67. The molecule has 0 saturated carbocycles. The second kappa shape index (κ2) is 7.30. The molecule has 0 amide bonds. The minimum absolute atomic E-state index is 0.00734. The average Bonchev–Trinajstić information content (AvgIpc) is 2.35. The van der Waals surface area contributed by atoms with Crippen molar-refractivity contribution in [2.75, 3.05) is 13.7 Å². The molecule has 4 heteroatoms. The molecule has 0 aliphatic carbocycles. The summed E-state index contributed by atoms with van der Waals surface area (Å²) in [6.07, 6.45) is 0.254. The fraction of sp³-hybridized carbons (Fsp3) is 0.417. The molecule has 1 unspecified atom stereocenters. The van der Waals surface area contributed by atoms with Crippen molar-refractivity contribution in [3.63, 3.8) is 0 Å². The molecule has 1 atom stereocenters. The Bertz CT molecular complexity index is 313. The predicted octanol–water partition coefficient (Wildman–Crippen LogP) is 1.84. The lowest BCUT2D eigenvalue weighted by Crippen LogP contribution is -2.15. The van der Waals surface area contributed by atoms with E-state index < -0.39 is 0 Å². The van der Waals surface area contributed by atoms with Gasteiger partial charge >= 0.3 is 5.97 Å². The van der Waals surface area contributed by atoms with Crippen LogP contribution in [0, 0.1) is 0 Å². The van der Waals surface area contributed by atoms with E-state index in [9.17, 15) is 4.79 Å². The van der Waals surface area contributed by atoms with E-state index in [-0.39, 0.29) is 24.2 Å². The van der Waals surface area contributed by atoms with Crippen LogP contribution in [0.25, 0.3) is 0 Å². The number of aliphatic hydroxyl groups is 1. The largest absolute Gasteiger partial charge is 0.469 e. The molecular formula is C12H16O3S. The lowest BCUT2D eigenvalue weighted by molar-refractivity contribution is -0.140. The van der Waals surface area contributed by atoms with Crippen molar-refractivity contribution in [1.82, 2.24) is 0 Å². The van der Waals surface area contributed by atoms with E-state index in [2.05, 4.69) is 4.74 Å². The number of thioether (sulfide) groups is 1. The highest BCUT2D eigenvalue weighted by molar-refractivity contribution is 7.99. The van der Waals surface area contributed by atoms with E-state index in [1.54, 1.807) is 11.8 Å². The maximum Gasteiger partial charge on any atom is 0.306 e. The maximum atomic E-state index is 11.0. The summed E-state index contributed by atoms with van der Waals surface area (Å²) in [7, 11) is 1.36. The highest BCUT2D eigenvalue weighted by Gasteiger charge is 2.13. The molecule has 0 radical (unpaired) electrons. The van der Waals surface area contributed by atoms with Crippen LogP contribution in [0.2, 0.25) is 0 Å². The number of ether oxygens (including phenoxy) is 1. The first-order valence-corrected chi connectivity index (χ1v) is 6.14. The van der Waals surface area contributed by atoms with Gasteiger partial charge in [0.1, 0.15) is 0 Å². The summed E-state index contributed by atoms with van der Waals surface area (Å²) in [5.41, 5.74) is 1.19. The summed E-state index contributed by atoms with van der Waals surface area (Å²) >= 11 is 1.57. The molecule has 0 aliphatic rings. The topological polar surface area (TPSA) is 46.5 Å². The zero-order chi connectivity index (χ0) is 11.8. The fourth-order valence-electron chi connectivity index (χ4n) is 1.23. The van der Waals surface area contributed by atoms with Gasteiger partial charge in [-0.3, -0.25) is 4.79 Å². The molecule has 1 aromatic carbocycles. The van der Waals surface area contributed by atoms with Gasteiger partial charge in [0.25, 0.3) is 0 Å². The summed E-state index contributed by atoms with van der Waals surface area (Å²) in [6, 6.07) is 9.97. The highest BCUT2D eigenvalue weighted by atomic mass is 32.2. The Morgan fingerprint density at radius 2 is 2.12 bits per heavy atom. The Morgan fingerprint density at radius 3 is 2.69 bits per heavy atom. The molecule has 0 spiro atoms. The molecule has 1 rings (SSSR count). The Hall–Kier alpha value is -1.00. The van der Waals surface area contributed by atoms with Crippen LogP contribution in [0.15, 0.2) is 30.3 Å². The van der Waals surface area contributed by atoms with Crippen molar-refractivity contribution in [2.45, 2.75) is 17.4 Å². The summed E-state index contributed by atoms with van der Waals surface area (Å²) < 4.78 is 4.57. The van der Waals surface area contributed by atoms with Crippen LogP contribution in [-0.4, -0.2) is 30.0 Å². The first-order chi connectivity index (χ1) is 7.76. The Kier molecular flexibility index (Phi) is 5.96. The smallest absolute Gasteiger partial charge is 0.306 e. The minimum atomic E-state index is -0.278. The number of rotatable bonds is 6. The van der Waals surface area contributed by atoms with Crippen molar-refractivity contribution >= 4 is 17.7 Å². The third-order valence-electron chi connectivity index (χ3n) is 2.15. The van der Waals surface area contributed by atoms with Crippen LogP contribution in [-0.2, 0) is 15.3 Å². The van der Waals surface area contributed by atoms with Crippen LogP contribution in [0.4, 0.5) is 0 Å². The first kappa shape index (κ1) is 13.1. The number of benzene rings is 1. The molecule has 0 saturated heterocycles. The number of hydrogen-bond donors (Lipinski definition) is 1. The van der Waals surface area contributed by atoms with E-state index in [4.69, 9.17) is 5.11 Å². The van der Waals surface area contributed by atoms with E-state index in [1.807, 2.05) is 30.3 Å². The van der Waals surface area contributed by atoms with Crippen molar-refractivity contribution in [3.05, 3.63) is 35.9 Å². The molecule has 0 aromatic heterocycles. The summed E-state index contributed by atoms with van der Waals surface area (Å²) in [6.45, 7) is -0.00734. The van der Waals surface area contributed by atoms with Gasteiger partial charge in [0.05, 0.1) is 20.1 Å². The van der Waals surface area contributed by atoms with Crippen molar-refractivity contribution in [2.24, 2.45) is 0 Å². The Labute approximate surface area is 99.8 Å². The number of hydrogen-bond acceptors (Lipinski definition) is 4. The first-order valence-electron chi connectivity index (χ1n) is 5.09. The van der Waals surface area contributed by atoms with Gasteiger partial charge in [-0.05, 0) is 5.56 Å². The molecule has 3 nitrogen and oxygen atoms in total. The zero-order valence-corrected chi connectivity index (χ0v) is 10.1. The summed E-state index contributed by atoms with van der Waals surface area (Å²) in [5.74, 6) is 0.517. The fourth-order valence-corrected chi connectivity index (χ4v) is 2.21. The van der Waals surface area contributed by atoms with Gasteiger partial charge in [-0.2, -0.15) is 11.8 Å². The van der Waals surface area contributed by atoms with Gasteiger partial charge in [0, 0.05) is 11.0 Å². The maximum absolute atomic E-state index is 11.0. The van der Waals surface area contributed by atoms with Crippen LogP contribution in [0.1, 0.15) is 12.0 Å². The van der Waals surface area contributed by atoms with Gasteiger partial charge in [-0.1, -0.05) is 30.3 Å². The zero-order valence-electron chi connectivity index (χ0n) is 9.26. The van der Waals surface area contributed by atoms with E-state index in [1.165, 1.54) is 12.7 Å². The van der Waals surface area contributed by atoms with Gasteiger partial charge in [0.15, 0.2) is 0 Å². The molecule has 1 aromatic rings. The normalized spacial score (nSPS) is 12.1. The lowest BCUT2D eigenvalue weighted by Gasteiger charge is -2.12. The minimum Gasteiger partial charge on any atom is -0.469 e. The van der Waals surface area contributed by atoms with E-state index in [0.29, 0.717) is 0 Å². The number of methoxy groups -OCH3 is 1. The number of carbonyl (C=O) groups is 1. The van der Waals surface area contributed by atoms with E-state index >= 15 is 0 Å². The quantitative estimate of drug-likeness (QED) is 0.771. The third kappa shape index (κ3) is 4.68. The molecular weight excluding hydrogens is 224 g/mol. The monoisotopic (exact) mass is 240 g/mol. The number of carbonyl (C=O) groups excluding carboxylic acids is 1. The van der Waals surface area contributed by atoms with Gasteiger partial charge in [-0.25, -0.2) is 0 Å².